The summed E-state index contributed by atoms with van der Waals surface area (Å²) in [6.45, 7) is 6.84. The van der Waals surface area contributed by atoms with Gasteiger partial charge in [-0.2, -0.15) is 0 Å². The molecule has 0 spiro atoms. The first-order valence-corrected chi connectivity index (χ1v) is 11.7. The molecule has 0 aliphatic carbocycles. The van der Waals surface area contributed by atoms with Crippen LogP contribution in [0.4, 0.5) is 4.79 Å². The van der Waals surface area contributed by atoms with E-state index in [-0.39, 0.29) is 17.5 Å². The Morgan fingerprint density at radius 2 is 1.84 bits per heavy atom. The Morgan fingerprint density at radius 1 is 1.12 bits per heavy atom. The van der Waals surface area contributed by atoms with Crippen molar-refractivity contribution in [3.05, 3.63) is 64.4 Å². The van der Waals surface area contributed by atoms with Gasteiger partial charge in [0.2, 0.25) is 5.91 Å². The van der Waals surface area contributed by atoms with Crippen LogP contribution in [0.3, 0.4) is 0 Å². The molecule has 0 saturated carbocycles. The molecule has 2 heterocycles. The Morgan fingerprint density at radius 3 is 2.50 bits per heavy atom. The number of nitrogens with zero attached hydrogens (tertiary/aromatic N) is 3. The third kappa shape index (κ3) is 4.14. The molecule has 7 nitrogen and oxygen atoms in total. The lowest BCUT2D eigenvalue weighted by Crippen LogP contribution is -2.39. The zero-order chi connectivity index (χ0) is 22.8. The van der Waals surface area contributed by atoms with E-state index in [2.05, 4.69) is 19.2 Å². The van der Waals surface area contributed by atoms with Crippen molar-refractivity contribution >= 4 is 34.6 Å². The average molecular weight is 451 g/mol. The number of hydrogen-bond donors (Lipinski definition) is 1. The first kappa shape index (κ1) is 22.1. The van der Waals surface area contributed by atoms with Crippen LogP contribution in [-0.2, 0) is 4.79 Å². The van der Waals surface area contributed by atoms with Gasteiger partial charge in [0.25, 0.3) is 5.56 Å². The number of fused-ring (bicyclic) bond motifs is 1. The highest BCUT2D eigenvalue weighted by atomic mass is 32.2. The monoisotopic (exact) mass is 450 g/mol. The highest BCUT2D eigenvalue weighted by Gasteiger charge is 2.31. The number of nitrogens with one attached hydrogen (secondary N) is 1. The highest BCUT2D eigenvalue weighted by Crippen LogP contribution is 2.27. The summed E-state index contributed by atoms with van der Waals surface area (Å²) in [7, 11) is 0. The average Bonchev–Trinajstić information content (AvgIpc) is 3.24. The second kappa shape index (κ2) is 9.16. The van der Waals surface area contributed by atoms with Crippen LogP contribution in [0.25, 0.3) is 16.6 Å². The van der Waals surface area contributed by atoms with Crippen LogP contribution < -0.4 is 10.9 Å². The maximum atomic E-state index is 13.4. The van der Waals surface area contributed by atoms with Crippen LogP contribution in [0.15, 0.2) is 58.5 Å². The quantitative estimate of drug-likeness (QED) is 0.454. The largest absolute Gasteiger partial charge is 0.336 e. The summed E-state index contributed by atoms with van der Waals surface area (Å²) in [6.07, 6.45) is 1.03. The fourth-order valence-electron chi connectivity index (χ4n) is 3.72. The molecule has 1 aliphatic rings. The van der Waals surface area contributed by atoms with Crippen LogP contribution in [0.5, 0.6) is 0 Å². The summed E-state index contributed by atoms with van der Waals surface area (Å²) in [5.74, 6) is 0.125. The van der Waals surface area contributed by atoms with Crippen LogP contribution >= 0.6 is 11.8 Å². The molecule has 1 N–H and O–H groups in total. The SMILES string of the molecule is CCC(C)c1ccc(-n2c(SC(C)C(=O)N3CCNC3=O)nc3ccccc3c2=O)cc1. The number of benzene rings is 2. The van der Waals surface area contributed by atoms with Crippen molar-refractivity contribution in [3.63, 3.8) is 0 Å². The molecule has 0 bridgehead atoms. The molecule has 1 aliphatic heterocycles. The Kier molecular flexibility index (Phi) is 6.32. The van der Waals surface area contributed by atoms with Crippen LogP contribution in [-0.4, -0.2) is 44.7 Å². The molecule has 166 valence electrons. The lowest BCUT2D eigenvalue weighted by atomic mass is 9.98. The second-order valence-electron chi connectivity index (χ2n) is 7.93. The zero-order valence-electron chi connectivity index (χ0n) is 18.4. The molecule has 2 atom stereocenters. The molecule has 1 saturated heterocycles. The number of para-hydroxylation sites is 1. The minimum Gasteiger partial charge on any atom is -0.336 e. The summed E-state index contributed by atoms with van der Waals surface area (Å²) >= 11 is 1.19. The van der Waals surface area contributed by atoms with E-state index in [9.17, 15) is 14.4 Å². The number of carbonyl (C=O) groups excluding carboxylic acids is 2. The van der Waals surface area contributed by atoms with Crippen molar-refractivity contribution in [1.29, 1.82) is 0 Å². The van der Waals surface area contributed by atoms with Gasteiger partial charge in [-0.1, -0.05) is 49.9 Å². The number of amides is 3. The van der Waals surface area contributed by atoms with E-state index in [0.717, 1.165) is 6.42 Å². The topological polar surface area (TPSA) is 84.3 Å². The van der Waals surface area contributed by atoms with E-state index in [1.165, 1.54) is 22.2 Å². The van der Waals surface area contributed by atoms with E-state index < -0.39 is 5.25 Å². The van der Waals surface area contributed by atoms with Crippen molar-refractivity contribution in [3.8, 4) is 5.69 Å². The standard InChI is InChI=1S/C24H26N4O3S/c1-4-15(2)17-9-11-18(12-10-17)28-22(30)19-7-5-6-8-20(19)26-24(28)32-16(3)21(29)27-14-13-25-23(27)31/h5-12,15-16H,4,13-14H2,1-3H3,(H,25,31). The molecule has 3 aromatic rings. The fourth-order valence-corrected chi connectivity index (χ4v) is 4.71. The first-order chi connectivity index (χ1) is 15.4. The van der Waals surface area contributed by atoms with Gasteiger partial charge in [-0.15, -0.1) is 0 Å². The Labute approximate surface area is 190 Å². The third-order valence-electron chi connectivity index (χ3n) is 5.83. The van der Waals surface area contributed by atoms with Gasteiger partial charge < -0.3 is 5.32 Å². The van der Waals surface area contributed by atoms with E-state index >= 15 is 0 Å². The number of carbonyl (C=O) groups is 2. The second-order valence-corrected chi connectivity index (χ2v) is 9.24. The highest BCUT2D eigenvalue weighted by molar-refractivity contribution is 8.00. The van der Waals surface area contributed by atoms with Crippen molar-refractivity contribution in [2.24, 2.45) is 0 Å². The lowest BCUT2D eigenvalue weighted by Gasteiger charge is -2.19. The van der Waals surface area contributed by atoms with Gasteiger partial charge in [-0.25, -0.2) is 9.78 Å². The van der Waals surface area contributed by atoms with Crippen LogP contribution in [0.2, 0.25) is 0 Å². The summed E-state index contributed by atoms with van der Waals surface area (Å²) in [6, 6.07) is 14.7. The maximum absolute atomic E-state index is 13.4. The summed E-state index contributed by atoms with van der Waals surface area (Å²) in [5, 5.41) is 3.00. The molecule has 32 heavy (non-hydrogen) atoms. The van der Waals surface area contributed by atoms with Gasteiger partial charge in [0.15, 0.2) is 5.16 Å². The molecule has 0 radical (unpaired) electrons. The van der Waals surface area contributed by atoms with Gasteiger partial charge in [0.05, 0.1) is 21.8 Å². The van der Waals surface area contributed by atoms with Gasteiger partial charge in [0, 0.05) is 13.1 Å². The molecule has 4 rings (SSSR count). The number of hydrogen-bond acceptors (Lipinski definition) is 5. The molecular formula is C24H26N4O3S. The summed E-state index contributed by atoms with van der Waals surface area (Å²) in [4.78, 5) is 44.1. The van der Waals surface area contributed by atoms with E-state index in [4.69, 9.17) is 4.98 Å². The Hall–Kier alpha value is -3.13. The van der Waals surface area contributed by atoms with E-state index in [1.54, 1.807) is 23.6 Å². The van der Waals surface area contributed by atoms with Crippen molar-refractivity contribution in [2.45, 2.75) is 43.5 Å². The van der Waals surface area contributed by atoms with Crippen molar-refractivity contribution in [2.75, 3.05) is 13.1 Å². The molecule has 1 fully saturated rings. The first-order valence-electron chi connectivity index (χ1n) is 10.8. The lowest BCUT2D eigenvalue weighted by molar-refractivity contribution is -0.126. The summed E-state index contributed by atoms with van der Waals surface area (Å²) in [5.41, 5.74) is 2.29. The van der Waals surface area contributed by atoms with Gasteiger partial charge in [-0.3, -0.25) is 19.1 Å². The van der Waals surface area contributed by atoms with Gasteiger partial charge >= 0.3 is 6.03 Å². The Bertz CT molecular complexity index is 1220. The number of thioether (sulfide) groups is 1. The number of aromatic nitrogens is 2. The molecule has 2 aromatic carbocycles. The fraction of sp³-hybridized carbons (Fsp3) is 0.333. The molecule has 8 heteroatoms. The van der Waals surface area contributed by atoms with Crippen molar-refractivity contribution in [1.82, 2.24) is 19.8 Å². The van der Waals surface area contributed by atoms with E-state index in [1.807, 2.05) is 36.4 Å². The molecule has 3 amide bonds. The molecule has 2 unspecified atom stereocenters. The van der Waals surface area contributed by atoms with Crippen LogP contribution in [0, 0.1) is 0 Å². The third-order valence-corrected chi connectivity index (χ3v) is 6.87. The zero-order valence-corrected chi connectivity index (χ0v) is 19.2. The predicted molar refractivity (Wildman–Crippen MR) is 126 cm³/mol. The molecular weight excluding hydrogens is 424 g/mol. The smallest absolute Gasteiger partial charge is 0.324 e. The van der Waals surface area contributed by atoms with E-state index in [0.29, 0.717) is 40.8 Å². The maximum Gasteiger partial charge on any atom is 0.324 e. The predicted octanol–water partition coefficient (Wildman–Crippen LogP) is 3.93. The van der Waals surface area contributed by atoms with Gasteiger partial charge in [-0.05, 0) is 49.1 Å². The van der Waals surface area contributed by atoms with Crippen molar-refractivity contribution < 1.29 is 9.59 Å². The Balaban J connectivity index is 1.76. The van der Waals surface area contributed by atoms with Crippen LogP contribution in [0.1, 0.15) is 38.7 Å². The minimum absolute atomic E-state index is 0.187. The van der Waals surface area contributed by atoms with Gasteiger partial charge in [0.1, 0.15) is 0 Å². The number of rotatable bonds is 6. The number of urea groups is 1. The normalized spacial score (nSPS) is 15.6. The minimum atomic E-state index is -0.586. The molecule has 1 aromatic heterocycles. The summed E-state index contributed by atoms with van der Waals surface area (Å²) < 4.78 is 1.56. The number of imide groups is 1.